The van der Waals surface area contributed by atoms with Crippen molar-refractivity contribution in [2.75, 3.05) is 0 Å². The van der Waals surface area contributed by atoms with Crippen LogP contribution in [-0.4, -0.2) is 12.1 Å². The lowest BCUT2D eigenvalue weighted by molar-refractivity contribution is -0.140. The van der Waals surface area contributed by atoms with Crippen LogP contribution in [-0.2, 0) is 4.79 Å². The average molecular weight is 523 g/mol. The first-order valence-electron chi connectivity index (χ1n) is 12.6. The zero-order valence-electron chi connectivity index (χ0n) is 20.4. The summed E-state index contributed by atoms with van der Waals surface area (Å²) in [7, 11) is 0. The zero-order valence-corrected chi connectivity index (χ0v) is 20.4. The number of carbonyl (C=O) groups is 1. The first-order valence-corrected chi connectivity index (χ1v) is 12.6. The number of rotatable bonds is 4. The van der Waals surface area contributed by atoms with E-state index >= 15 is 0 Å². The molecule has 2 saturated carbocycles. The van der Waals surface area contributed by atoms with Crippen LogP contribution in [0.2, 0.25) is 0 Å². The number of alkyl halides is 3. The standard InChI is InChI=1S/C29H28F6O2/c1-17-2-4-18(5-3-17)19-6-8-20(9-7-19)28(36)37-22-10-11-23(27(32)16-22)21-14-25(30)24(26(31)15-21)12-13-29(33,34)35/h10-11,14-20H,2-9H2,1H3. The summed E-state index contributed by atoms with van der Waals surface area (Å²) in [6.07, 6.45) is 3.56. The monoisotopic (exact) mass is 522 g/mol. The van der Waals surface area contributed by atoms with Crippen LogP contribution in [0.4, 0.5) is 26.3 Å². The van der Waals surface area contributed by atoms with Gasteiger partial charge < -0.3 is 4.74 Å². The van der Waals surface area contributed by atoms with E-state index in [-0.39, 0.29) is 22.8 Å². The van der Waals surface area contributed by atoms with Crippen molar-refractivity contribution in [1.82, 2.24) is 0 Å². The first-order chi connectivity index (χ1) is 17.5. The molecule has 2 aliphatic rings. The Hall–Kier alpha value is -2.95. The topological polar surface area (TPSA) is 26.3 Å². The Morgan fingerprint density at radius 3 is 1.95 bits per heavy atom. The second-order valence-corrected chi connectivity index (χ2v) is 10.3. The van der Waals surface area contributed by atoms with Crippen LogP contribution in [0.1, 0.15) is 63.9 Å². The minimum absolute atomic E-state index is 0.0248. The molecule has 0 saturated heterocycles. The highest BCUT2D eigenvalue weighted by Crippen LogP contribution is 2.41. The SMILES string of the molecule is CC1CCC(C2CCC(C(=O)Oc3ccc(-c4cc(F)c(C#CC(F)(F)F)c(F)c4)c(F)c3)CC2)CC1. The van der Waals surface area contributed by atoms with Crippen LogP contribution < -0.4 is 4.74 Å². The van der Waals surface area contributed by atoms with Crippen molar-refractivity contribution in [1.29, 1.82) is 0 Å². The highest BCUT2D eigenvalue weighted by atomic mass is 19.4. The van der Waals surface area contributed by atoms with Crippen molar-refractivity contribution in [3.8, 4) is 28.7 Å². The molecule has 37 heavy (non-hydrogen) atoms. The molecule has 4 rings (SSSR count). The lowest BCUT2D eigenvalue weighted by Crippen LogP contribution is -2.29. The molecule has 2 nitrogen and oxygen atoms in total. The quantitative estimate of drug-likeness (QED) is 0.175. The summed E-state index contributed by atoms with van der Waals surface area (Å²) in [6.45, 7) is 2.29. The van der Waals surface area contributed by atoms with Gasteiger partial charge in [-0.05, 0) is 86.1 Å². The van der Waals surface area contributed by atoms with E-state index in [1.807, 2.05) is 0 Å². The normalized spacial score (nSPS) is 24.2. The van der Waals surface area contributed by atoms with Crippen molar-refractivity contribution >= 4 is 5.97 Å². The molecule has 0 radical (unpaired) electrons. The predicted octanol–water partition coefficient (Wildman–Crippen LogP) is 8.22. The Labute approximate surface area is 212 Å². The van der Waals surface area contributed by atoms with E-state index in [4.69, 9.17) is 4.74 Å². The van der Waals surface area contributed by atoms with E-state index in [0.717, 1.165) is 49.5 Å². The summed E-state index contributed by atoms with van der Waals surface area (Å²) in [5.74, 6) is 0.108. The third-order valence-electron chi connectivity index (χ3n) is 7.67. The van der Waals surface area contributed by atoms with Gasteiger partial charge in [-0.25, -0.2) is 13.2 Å². The third kappa shape index (κ3) is 6.88. The number of hydrogen-bond donors (Lipinski definition) is 0. The van der Waals surface area contributed by atoms with Gasteiger partial charge in [-0.2, -0.15) is 13.2 Å². The summed E-state index contributed by atoms with van der Waals surface area (Å²) in [5.41, 5.74) is -1.48. The summed E-state index contributed by atoms with van der Waals surface area (Å²) >= 11 is 0. The van der Waals surface area contributed by atoms with Gasteiger partial charge in [0.15, 0.2) is 0 Å². The Morgan fingerprint density at radius 1 is 0.838 bits per heavy atom. The molecule has 0 aliphatic heterocycles. The molecule has 2 aromatic rings. The van der Waals surface area contributed by atoms with Crippen molar-refractivity contribution in [2.45, 2.75) is 64.5 Å². The van der Waals surface area contributed by atoms with E-state index in [0.29, 0.717) is 18.1 Å². The Bertz CT molecular complexity index is 1170. The predicted molar refractivity (Wildman–Crippen MR) is 127 cm³/mol. The number of benzene rings is 2. The molecule has 0 amide bonds. The van der Waals surface area contributed by atoms with Gasteiger partial charge in [-0.1, -0.05) is 25.7 Å². The van der Waals surface area contributed by atoms with Crippen LogP contribution in [0.5, 0.6) is 5.75 Å². The molecular weight excluding hydrogens is 494 g/mol. The maximum atomic E-state index is 14.8. The Kier molecular flexibility index (Phi) is 8.20. The molecule has 2 aromatic carbocycles. The third-order valence-corrected chi connectivity index (χ3v) is 7.67. The molecule has 0 atom stereocenters. The van der Waals surface area contributed by atoms with Gasteiger partial charge in [0.2, 0.25) is 0 Å². The molecule has 0 aromatic heterocycles. The molecular formula is C29H28F6O2. The molecule has 2 fully saturated rings. The van der Waals surface area contributed by atoms with Crippen LogP contribution in [0.15, 0.2) is 30.3 Å². The zero-order chi connectivity index (χ0) is 26.7. The molecule has 0 spiro atoms. The largest absolute Gasteiger partial charge is 0.458 e. The molecule has 8 heteroatoms. The molecule has 198 valence electrons. The van der Waals surface area contributed by atoms with E-state index in [1.165, 1.54) is 43.7 Å². The minimum Gasteiger partial charge on any atom is -0.426 e. The van der Waals surface area contributed by atoms with Crippen LogP contribution in [0.25, 0.3) is 11.1 Å². The second kappa shape index (κ2) is 11.2. The number of carbonyl (C=O) groups excluding carboxylic acids is 1. The Morgan fingerprint density at radius 2 is 1.41 bits per heavy atom. The molecule has 0 N–H and O–H groups in total. The van der Waals surface area contributed by atoms with Gasteiger partial charge >= 0.3 is 12.1 Å². The highest BCUT2D eigenvalue weighted by molar-refractivity contribution is 5.76. The average Bonchev–Trinajstić information content (AvgIpc) is 2.83. The van der Waals surface area contributed by atoms with E-state index in [2.05, 4.69) is 6.92 Å². The second-order valence-electron chi connectivity index (χ2n) is 10.3. The van der Waals surface area contributed by atoms with Crippen LogP contribution in [0.3, 0.4) is 0 Å². The number of halogens is 6. The number of ether oxygens (including phenoxy) is 1. The Balaban J connectivity index is 1.39. The van der Waals surface area contributed by atoms with Gasteiger partial charge in [0.1, 0.15) is 23.2 Å². The van der Waals surface area contributed by atoms with Crippen molar-refractivity contribution < 1.29 is 35.9 Å². The van der Waals surface area contributed by atoms with Crippen molar-refractivity contribution in [3.63, 3.8) is 0 Å². The van der Waals surface area contributed by atoms with Gasteiger partial charge in [0.25, 0.3) is 0 Å². The fraction of sp³-hybridized carbons (Fsp3) is 0.483. The van der Waals surface area contributed by atoms with E-state index in [1.54, 1.807) is 0 Å². The van der Waals surface area contributed by atoms with Gasteiger partial charge in [-0.15, -0.1) is 0 Å². The van der Waals surface area contributed by atoms with Crippen molar-refractivity contribution in [2.24, 2.45) is 23.7 Å². The van der Waals surface area contributed by atoms with Crippen LogP contribution >= 0.6 is 0 Å². The minimum atomic E-state index is -4.91. The molecule has 2 aliphatic carbocycles. The van der Waals surface area contributed by atoms with E-state index < -0.39 is 35.2 Å². The van der Waals surface area contributed by atoms with Crippen LogP contribution in [0, 0.1) is 53.0 Å². The lowest BCUT2D eigenvalue weighted by Gasteiger charge is -2.36. The van der Waals surface area contributed by atoms with Gasteiger partial charge in [-0.3, -0.25) is 4.79 Å². The van der Waals surface area contributed by atoms with Gasteiger partial charge in [0, 0.05) is 17.6 Å². The number of esters is 1. The van der Waals surface area contributed by atoms with Gasteiger partial charge in [0.05, 0.1) is 11.5 Å². The smallest absolute Gasteiger partial charge is 0.426 e. The maximum absolute atomic E-state index is 14.8. The molecule has 0 heterocycles. The fourth-order valence-corrected chi connectivity index (χ4v) is 5.56. The van der Waals surface area contributed by atoms with E-state index in [9.17, 15) is 31.1 Å². The summed E-state index contributed by atoms with van der Waals surface area (Å²) < 4.78 is 85.4. The summed E-state index contributed by atoms with van der Waals surface area (Å²) in [5, 5.41) is 0. The first kappa shape index (κ1) is 27.1. The maximum Gasteiger partial charge on any atom is 0.458 e. The number of hydrogen-bond acceptors (Lipinski definition) is 2. The van der Waals surface area contributed by atoms with Crippen molar-refractivity contribution in [3.05, 3.63) is 53.3 Å². The summed E-state index contributed by atoms with van der Waals surface area (Å²) in [6, 6.07) is 4.89. The fourth-order valence-electron chi connectivity index (χ4n) is 5.56. The summed E-state index contributed by atoms with van der Waals surface area (Å²) in [4.78, 5) is 12.7. The molecule has 0 bridgehead atoms. The highest BCUT2D eigenvalue weighted by Gasteiger charge is 2.33. The lowest BCUT2D eigenvalue weighted by atomic mass is 9.69. The molecule has 0 unspecified atom stereocenters.